The maximum Gasteiger partial charge on any atom is 0.323 e. The van der Waals surface area contributed by atoms with Gasteiger partial charge in [-0.1, -0.05) is 11.6 Å². The highest BCUT2D eigenvalue weighted by molar-refractivity contribution is 6.02. The lowest BCUT2D eigenvalue weighted by molar-refractivity contribution is 0.0210. The Kier molecular flexibility index (Phi) is 4.86. The molecule has 1 aromatic carbocycles. The Hall–Kier alpha value is -2.99. The van der Waals surface area contributed by atoms with Gasteiger partial charge in [0.15, 0.2) is 0 Å². The number of anilines is 2. The molecular formula is C20H22N4O2. The number of urea groups is 1. The van der Waals surface area contributed by atoms with Crippen molar-refractivity contribution in [3.05, 3.63) is 60.0 Å². The van der Waals surface area contributed by atoms with Gasteiger partial charge >= 0.3 is 6.03 Å². The van der Waals surface area contributed by atoms with Crippen LogP contribution in [0.3, 0.4) is 0 Å². The minimum atomic E-state index is -0.605. The number of nitrogens with zero attached hydrogens (tertiary/aromatic N) is 2. The zero-order chi connectivity index (χ0) is 18.7. The van der Waals surface area contributed by atoms with E-state index >= 15 is 0 Å². The molecule has 0 unspecified atom stereocenters. The van der Waals surface area contributed by atoms with Gasteiger partial charge in [-0.2, -0.15) is 0 Å². The van der Waals surface area contributed by atoms with Crippen molar-refractivity contribution in [2.45, 2.75) is 26.4 Å². The summed E-state index contributed by atoms with van der Waals surface area (Å²) < 4.78 is 5.70. The summed E-state index contributed by atoms with van der Waals surface area (Å²) in [4.78, 5) is 20.9. The van der Waals surface area contributed by atoms with E-state index in [-0.39, 0.29) is 6.03 Å². The molecule has 0 atom stereocenters. The number of pyridine rings is 2. The van der Waals surface area contributed by atoms with E-state index in [0.29, 0.717) is 11.4 Å². The number of rotatable bonds is 4. The molecule has 2 heterocycles. The van der Waals surface area contributed by atoms with E-state index < -0.39 is 5.60 Å². The van der Waals surface area contributed by atoms with E-state index in [1.807, 2.05) is 32.9 Å². The fraction of sp³-hybridized carbons (Fsp3) is 0.250. The van der Waals surface area contributed by atoms with E-state index in [9.17, 15) is 4.79 Å². The molecular weight excluding hydrogens is 328 g/mol. The van der Waals surface area contributed by atoms with Crippen LogP contribution in [0.15, 0.2) is 48.9 Å². The van der Waals surface area contributed by atoms with Crippen LogP contribution < -0.4 is 10.6 Å². The number of nitrogens with one attached hydrogen (secondary N) is 2. The Bertz CT molecular complexity index is 939. The Balaban J connectivity index is 2.02. The highest BCUT2D eigenvalue weighted by Gasteiger charge is 2.27. The number of methoxy groups -OCH3 is 1. The molecule has 0 fully saturated rings. The van der Waals surface area contributed by atoms with Crippen LogP contribution in [-0.2, 0) is 10.3 Å². The van der Waals surface area contributed by atoms with Gasteiger partial charge in [-0.25, -0.2) is 4.79 Å². The second kappa shape index (κ2) is 7.09. The summed E-state index contributed by atoms with van der Waals surface area (Å²) in [6.07, 6.45) is 4.90. The lowest BCUT2D eigenvalue weighted by atomic mass is 9.92. The molecule has 0 spiro atoms. The number of ether oxygens (including phenoxy) is 1. The molecule has 134 valence electrons. The highest BCUT2D eigenvalue weighted by atomic mass is 16.5. The molecule has 0 aliphatic heterocycles. The van der Waals surface area contributed by atoms with Gasteiger partial charge in [0.05, 0.1) is 34.9 Å². The first-order valence-corrected chi connectivity index (χ1v) is 8.34. The van der Waals surface area contributed by atoms with E-state index in [0.717, 1.165) is 22.0 Å². The third-order valence-electron chi connectivity index (χ3n) is 4.30. The Morgan fingerprint density at radius 1 is 1.15 bits per heavy atom. The van der Waals surface area contributed by atoms with Crippen molar-refractivity contribution in [2.24, 2.45) is 0 Å². The van der Waals surface area contributed by atoms with Gasteiger partial charge in [0, 0.05) is 24.3 Å². The number of benzene rings is 1. The largest absolute Gasteiger partial charge is 0.374 e. The van der Waals surface area contributed by atoms with Crippen molar-refractivity contribution in [1.29, 1.82) is 0 Å². The van der Waals surface area contributed by atoms with Gasteiger partial charge in [-0.15, -0.1) is 0 Å². The number of aryl methyl sites for hydroxylation is 1. The topological polar surface area (TPSA) is 76.1 Å². The first kappa shape index (κ1) is 17.8. The van der Waals surface area contributed by atoms with Gasteiger partial charge in [0.25, 0.3) is 0 Å². The summed E-state index contributed by atoms with van der Waals surface area (Å²) in [5.41, 5.74) is 3.47. The monoisotopic (exact) mass is 350 g/mol. The van der Waals surface area contributed by atoms with Crippen LogP contribution in [0.5, 0.6) is 0 Å². The molecule has 0 radical (unpaired) electrons. The number of hydrogen-bond acceptors (Lipinski definition) is 4. The van der Waals surface area contributed by atoms with E-state index in [1.165, 1.54) is 0 Å². The third kappa shape index (κ3) is 3.65. The second-order valence-electron chi connectivity index (χ2n) is 6.60. The Labute approximate surface area is 152 Å². The minimum absolute atomic E-state index is 0.361. The highest BCUT2D eigenvalue weighted by Crippen LogP contribution is 2.36. The average molecular weight is 350 g/mol. The number of fused-ring (bicyclic) bond motifs is 1. The third-order valence-corrected chi connectivity index (χ3v) is 4.30. The van der Waals surface area contributed by atoms with Crippen molar-refractivity contribution in [1.82, 2.24) is 9.97 Å². The lowest BCUT2D eigenvalue weighted by Gasteiger charge is -2.28. The standard InChI is InChI=1S/C20H22N4O2/c1-13-7-8-16-15(10-13)18(20(2,3)26-4)17(12-22-16)24-19(25)23-14-6-5-9-21-11-14/h5-12H,1-4H3,(H2,23,24,25). The molecule has 0 aliphatic rings. The van der Waals surface area contributed by atoms with Crippen molar-refractivity contribution in [3.8, 4) is 0 Å². The van der Waals surface area contributed by atoms with E-state index in [2.05, 4.69) is 26.7 Å². The van der Waals surface area contributed by atoms with E-state index in [1.54, 1.807) is 37.8 Å². The summed E-state index contributed by atoms with van der Waals surface area (Å²) in [5.74, 6) is 0. The normalized spacial score (nSPS) is 11.4. The average Bonchev–Trinajstić information content (AvgIpc) is 2.61. The second-order valence-corrected chi connectivity index (χ2v) is 6.60. The van der Waals surface area contributed by atoms with Crippen LogP contribution in [0.25, 0.3) is 10.9 Å². The molecule has 2 N–H and O–H groups in total. The SMILES string of the molecule is COC(C)(C)c1c(NC(=O)Nc2cccnc2)cnc2ccc(C)cc12. The maximum atomic E-state index is 12.4. The van der Waals surface area contributed by atoms with Gasteiger partial charge in [0.1, 0.15) is 0 Å². The molecule has 0 saturated heterocycles. The summed E-state index contributed by atoms with van der Waals surface area (Å²) >= 11 is 0. The van der Waals surface area contributed by atoms with Crippen LogP contribution in [0, 0.1) is 6.92 Å². The predicted octanol–water partition coefficient (Wildman–Crippen LogP) is 4.46. The van der Waals surface area contributed by atoms with Gasteiger partial charge in [-0.3, -0.25) is 9.97 Å². The van der Waals surface area contributed by atoms with E-state index in [4.69, 9.17) is 4.74 Å². The number of amides is 2. The molecule has 26 heavy (non-hydrogen) atoms. The molecule has 3 rings (SSSR count). The fourth-order valence-corrected chi connectivity index (χ4v) is 2.87. The van der Waals surface area contributed by atoms with Gasteiger partial charge in [0.2, 0.25) is 0 Å². The molecule has 3 aromatic rings. The molecule has 2 amide bonds. The number of carbonyl (C=O) groups excluding carboxylic acids is 1. The van der Waals surface area contributed by atoms with Gasteiger partial charge < -0.3 is 15.4 Å². The summed E-state index contributed by atoms with van der Waals surface area (Å²) in [7, 11) is 1.65. The fourth-order valence-electron chi connectivity index (χ4n) is 2.87. The smallest absolute Gasteiger partial charge is 0.323 e. The molecule has 0 bridgehead atoms. The van der Waals surface area contributed by atoms with Crippen molar-refractivity contribution >= 4 is 28.3 Å². The van der Waals surface area contributed by atoms with Crippen molar-refractivity contribution in [2.75, 3.05) is 17.7 Å². The molecule has 6 nitrogen and oxygen atoms in total. The summed E-state index contributed by atoms with van der Waals surface area (Å²) in [6, 6.07) is 9.22. The number of aromatic nitrogens is 2. The first-order chi connectivity index (χ1) is 12.4. The molecule has 2 aromatic heterocycles. The van der Waals surface area contributed by atoms with Crippen LogP contribution >= 0.6 is 0 Å². The summed E-state index contributed by atoms with van der Waals surface area (Å²) in [5, 5.41) is 6.61. The van der Waals surface area contributed by atoms with Crippen molar-refractivity contribution < 1.29 is 9.53 Å². The summed E-state index contributed by atoms with van der Waals surface area (Å²) in [6.45, 7) is 5.96. The zero-order valence-corrected chi connectivity index (χ0v) is 15.3. The Morgan fingerprint density at radius 2 is 1.96 bits per heavy atom. The first-order valence-electron chi connectivity index (χ1n) is 8.34. The van der Waals surface area contributed by atoms with Gasteiger partial charge in [-0.05, 0) is 45.0 Å². The molecule has 0 saturated carbocycles. The number of carbonyl (C=O) groups is 1. The molecule has 0 aliphatic carbocycles. The quantitative estimate of drug-likeness (QED) is 0.728. The Morgan fingerprint density at radius 3 is 2.65 bits per heavy atom. The van der Waals surface area contributed by atoms with Crippen LogP contribution in [0.1, 0.15) is 25.0 Å². The zero-order valence-electron chi connectivity index (χ0n) is 15.3. The predicted molar refractivity (Wildman–Crippen MR) is 103 cm³/mol. The van der Waals surface area contributed by atoms with Crippen LogP contribution in [0.2, 0.25) is 0 Å². The molecule has 6 heteroatoms. The van der Waals surface area contributed by atoms with Crippen LogP contribution in [-0.4, -0.2) is 23.1 Å². The maximum absolute atomic E-state index is 12.4. The minimum Gasteiger partial charge on any atom is -0.374 e. The van der Waals surface area contributed by atoms with Crippen molar-refractivity contribution in [3.63, 3.8) is 0 Å². The number of hydrogen-bond donors (Lipinski definition) is 2. The lowest BCUT2D eigenvalue weighted by Crippen LogP contribution is -2.26. The van der Waals surface area contributed by atoms with Crippen LogP contribution in [0.4, 0.5) is 16.2 Å².